The summed E-state index contributed by atoms with van der Waals surface area (Å²) < 4.78 is 10.6. The lowest BCUT2D eigenvalue weighted by molar-refractivity contribution is 0.0162. The molecule has 1 unspecified atom stereocenters. The van der Waals surface area contributed by atoms with Crippen LogP contribution < -0.4 is 10.6 Å². The summed E-state index contributed by atoms with van der Waals surface area (Å²) in [5, 5.41) is 5.82. The Morgan fingerprint density at radius 1 is 1.00 bits per heavy atom. The molecule has 7 nitrogen and oxygen atoms in total. The van der Waals surface area contributed by atoms with Crippen LogP contribution in [0.5, 0.6) is 0 Å². The van der Waals surface area contributed by atoms with Crippen LogP contribution in [-0.4, -0.2) is 49.6 Å². The average Bonchev–Trinajstić information content (AvgIpc) is 3.36. The van der Waals surface area contributed by atoms with E-state index < -0.39 is 0 Å². The SMILES string of the molecule is Cc1cccc(C(CNC(=O)c2ccc(NC(=O)c3ccco3)cc2)N2CCOCC2)c1. The molecule has 1 aliphatic heterocycles. The third-order valence-corrected chi connectivity index (χ3v) is 5.52. The third-order valence-electron chi connectivity index (χ3n) is 5.52. The molecule has 0 aliphatic carbocycles. The second-order valence-corrected chi connectivity index (χ2v) is 7.80. The summed E-state index contributed by atoms with van der Waals surface area (Å²) >= 11 is 0. The van der Waals surface area contributed by atoms with Crippen LogP contribution in [0.3, 0.4) is 0 Å². The van der Waals surface area contributed by atoms with E-state index in [-0.39, 0.29) is 23.6 Å². The maximum absolute atomic E-state index is 12.8. The maximum Gasteiger partial charge on any atom is 0.291 e. The van der Waals surface area contributed by atoms with Crippen LogP contribution in [0.15, 0.2) is 71.3 Å². The fourth-order valence-electron chi connectivity index (χ4n) is 3.82. The van der Waals surface area contributed by atoms with E-state index in [9.17, 15) is 9.59 Å². The lowest BCUT2D eigenvalue weighted by Gasteiger charge is -2.35. The number of ether oxygens (including phenoxy) is 1. The number of nitrogens with zero attached hydrogens (tertiary/aromatic N) is 1. The Bertz CT molecular complexity index is 1040. The van der Waals surface area contributed by atoms with Gasteiger partial charge in [0.25, 0.3) is 11.8 Å². The van der Waals surface area contributed by atoms with Crippen LogP contribution in [-0.2, 0) is 4.74 Å². The maximum atomic E-state index is 12.8. The quantitative estimate of drug-likeness (QED) is 0.594. The fraction of sp³-hybridized carbons (Fsp3) is 0.280. The predicted molar refractivity (Wildman–Crippen MR) is 122 cm³/mol. The summed E-state index contributed by atoms with van der Waals surface area (Å²) in [6.45, 7) is 5.63. The predicted octanol–water partition coefficient (Wildman–Crippen LogP) is 3.64. The topological polar surface area (TPSA) is 83.8 Å². The van der Waals surface area contributed by atoms with E-state index >= 15 is 0 Å². The van der Waals surface area contributed by atoms with Gasteiger partial charge < -0.3 is 19.8 Å². The van der Waals surface area contributed by atoms with E-state index in [2.05, 4.69) is 46.7 Å². The van der Waals surface area contributed by atoms with Crippen molar-refractivity contribution in [1.29, 1.82) is 0 Å². The largest absolute Gasteiger partial charge is 0.459 e. The summed E-state index contributed by atoms with van der Waals surface area (Å²) in [6.07, 6.45) is 1.45. The van der Waals surface area contributed by atoms with E-state index in [1.54, 1.807) is 36.4 Å². The van der Waals surface area contributed by atoms with E-state index in [0.29, 0.717) is 31.0 Å². The first-order valence-corrected chi connectivity index (χ1v) is 10.7. The number of morpholine rings is 1. The zero-order chi connectivity index (χ0) is 22.3. The number of amides is 2. The molecule has 2 heterocycles. The normalized spacial score (nSPS) is 15.2. The van der Waals surface area contributed by atoms with E-state index in [1.165, 1.54) is 17.4 Å². The molecule has 2 N–H and O–H groups in total. The molecule has 1 atom stereocenters. The second-order valence-electron chi connectivity index (χ2n) is 7.80. The molecule has 166 valence electrons. The van der Waals surface area contributed by atoms with Crippen molar-refractivity contribution in [3.8, 4) is 0 Å². The highest BCUT2D eigenvalue weighted by atomic mass is 16.5. The monoisotopic (exact) mass is 433 g/mol. The van der Waals surface area contributed by atoms with E-state index in [4.69, 9.17) is 9.15 Å². The zero-order valence-electron chi connectivity index (χ0n) is 18.0. The Hall–Kier alpha value is -3.42. The highest BCUT2D eigenvalue weighted by Crippen LogP contribution is 2.22. The molecule has 0 radical (unpaired) electrons. The van der Waals surface area contributed by atoms with Crippen molar-refractivity contribution in [2.24, 2.45) is 0 Å². The van der Waals surface area contributed by atoms with Crippen LogP contribution >= 0.6 is 0 Å². The summed E-state index contributed by atoms with van der Waals surface area (Å²) in [6, 6.07) is 18.5. The van der Waals surface area contributed by atoms with Gasteiger partial charge in [0, 0.05) is 30.9 Å². The van der Waals surface area contributed by atoms with Gasteiger partial charge in [-0.25, -0.2) is 0 Å². The van der Waals surface area contributed by atoms with Crippen molar-refractivity contribution in [1.82, 2.24) is 10.2 Å². The molecule has 7 heteroatoms. The Morgan fingerprint density at radius 3 is 2.47 bits per heavy atom. The minimum Gasteiger partial charge on any atom is -0.459 e. The summed E-state index contributed by atoms with van der Waals surface area (Å²) in [5.74, 6) is -0.254. The lowest BCUT2D eigenvalue weighted by Crippen LogP contribution is -2.43. The van der Waals surface area contributed by atoms with Crippen LogP contribution in [0, 0.1) is 6.92 Å². The molecule has 0 bridgehead atoms. The van der Waals surface area contributed by atoms with Crippen LogP contribution in [0.4, 0.5) is 5.69 Å². The molecule has 3 aromatic rings. The van der Waals surface area contributed by atoms with Gasteiger partial charge >= 0.3 is 0 Å². The van der Waals surface area contributed by atoms with Gasteiger partial charge in [0.2, 0.25) is 0 Å². The summed E-state index contributed by atoms with van der Waals surface area (Å²) in [4.78, 5) is 27.2. The Morgan fingerprint density at radius 2 is 1.78 bits per heavy atom. The second kappa shape index (κ2) is 10.3. The van der Waals surface area contributed by atoms with Crippen molar-refractivity contribution < 1.29 is 18.7 Å². The van der Waals surface area contributed by atoms with E-state index in [0.717, 1.165) is 13.1 Å². The third kappa shape index (κ3) is 5.43. The molecule has 1 aliphatic rings. The molecule has 32 heavy (non-hydrogen) atoms. The van der Waals surface area contributed by atoms with Gasteiger partial charge in [0.05, 0.1) is 25.5 Å². The molecular formula is C25H27N3O4. The molecule has 2 amide bonds. The molecule has 0 spiro atoms. The van der Waals surface area contributed by atoms with E-state index in [1.807, 2.05) is 0 Å². The number of furan rings is 1. The first-order valence-electron chi connectivity index (χ1n) is 10.7. The summed E-state index contributed by atoms with van der Waals surface area (Å²) in [5.41, 5.74) is 3.50. The van der Waals surface area contributed by atoms with Crippen molar-refractivity contribution >= 4 is 17.5 Å². The minimum absolute atomic E-state index is 0.0783. The van der Waals surface area contributed by atoms with Gasteiger partial charge in [-0.05, 0) is 48.9 Å². The number of carbonyl (C=O) groups excluding carboxylic acids is 2. The average molecular weight is 434 g/mol. The van der Waals surface area contributed by atoms with Gasteiger partial charge in [-0.2, -0.15) is 0 Å². The minimum atomic E-state index is -0.335. The van der Waals surface area contributed by atoms with Crippen molar-refractivity contribution in [3.63, 3.8) is 0 Å². The Balaban J connectivity index is 1.39. The summed E-state index contributed by atoms with van der Waals surface area (Å²) in [7, 11) is 0. The molecular weight excluding hydrogens is 406 g/mol. The first kappa shape index (κ1) is 21.8. The van der Waals surface area contributed by atoms with Gasteiger partial charge in [0.1, 0.15) is 0 Å². The van der Waals surface area contributed by atoms with Gasteiger partial charge in [-0.15, -0.1) is 0 Å². The number of aryl methyl sites for hydroxylation is 1. The van der Waals surface area contributed by atoms with Crippen LogP contribution in [0.2, 0.25) is 0 Å². The van der Waals surface area contributed by atoms with Gasteiger partial charge in [-0.3, -0.25) is 14.5 Å². The zero-order valence-corrected chi connectivity index (χ0v) is 18.0. The number of benzene rings is 2. The number of rotatable bonds is 7. The number of carbonyl (C=O) groups is 2. The highest BCUT2D eigenvalue weighted by molar-refractivity contribution is 6.02. The van der Waals surface area contributed by atoms with Crippen LogP contribution in [0.1, 0.15) is 38.1 Å². The standard InChI is InChI=1S/C25H27N3O4/c1-18-4-2-5-20(16-18)22(28-11-14-31-15-12-28)17-26-24(29)19-7-9-21(10-8-19)27-25(30)23-6-3-13-32-23/h2-10,13,16,22H,11-12,14-15,17H2,1H3,(H,26,29)(H,27,30). The van der Waals surface area contributed by atoms with Crippen molar-refractivity contribution in [2.75, 3.05) is 38.2 Å². The number of nitrogens with one attached hydrogen (secondary N) is 2. The van der Waals surface area contributed by atoms with Gasteiger partial charge in [0.15, 0.2) is 5.76 Å². The Kier molecular flexibility index (Phi) is 6.99. The highest BCUT2D eigenvalue weighted by Gasteiger charge is 2.23. The van der Waals surface area contributed by atoms with Crippen molar-refractivity contribution in [2.45, 2.75) is 13.0 Å². The molecule has 4 rings (SSSR count). The lowest BCUT2D eigenvalue weighted by atomic mass is 10.0. The number of hydrogen-bond donors (Lipinski definition) is 2. The van der Waals surface area contributed by atoms with Gasteiger partial charge in [-0.1, -0.05) is 29.8 Å². The fourth-order valence-corrected chi connectivity index (χ4v) is 3.82. The number of hydrogen-bond acceptors (Lipinski definition) is 5. The molecule has 2 aromatic carbocycles. The Labute approximate surface area is 187 Å². The van der Waals surface area contributed by atoms with Crippen molar-refractivity contribution in [3.05, 3.63) is 89.4 Å². The smallest absolute Gasteiger partial charge is 0.291 e. The molecule has 1 fully saturated rings. The molecule has 0 saturated carbocycles. The first-order chi connectivity index (χ1) is 15.6. The van der Waals surface area contributed by atoms with Crippen LogP contribution in [0.25, 0.3) is 0 Å². The molecule has 1 aromatic heterocycles. The number of anilines is 1. The molecule has 1 saturated heterocycles.